The molecule has 0 bridgehead atoms. The van der Waals surface area contributed by atoms with E-state index in [1.165, 1.54) is 14.2 Å². The molecule has 1 aliphatic rings. The molecule has 152 valence electrons. The molecule has 0 atom stereocenters. The Hall–Kier alpha value is -2.58. The van der Waals surface area contributed by atoms with E-state index >= 15 is 0 Å². The van der Waals surface area contributed by atoms with Crippen molar-refractivity contribution >= 4 is 0 Å². The van der Waals surface area contributed by atoms with Crippen LogP contribution >= 0.6 is 0 Å². The van der Waals surface area contributed by atoms with Gasteiger partial charge in [0.25, 0.3) is 0 Å². The molecule has 1 saturated heterocycles. The number of nitrogens with zero attached hydrogens (tertiary/aromatic N) is 3. The maximum Gasteiger partial charge on any atom is 0.319 e. The zero-order valence-electron chi connectivity index (χ0n) is 16.8. The number of aliphatic hydroxyl groups is 1. The highest BCUT2D eigenvalue weighted by atomic mass is 16.5. The highest BCUT2D eigenvalue weighted by Gasteiger charge is 2.37. The molecule has 1 aliphatic heterocycles. The molecule has 0 spiro atoms. The van der Waals surface area contributed by atoms with Crippen molar-refractivity contribution in [2.24, 2.45) is 0 Å². The Bertz CT molecular complexity index is 806. The Kier molecular flexibility index (Phi) is 6.21. The quantitative estimate of drug-likeness (QED) is 0.770. The lowest BCUT2D eigenvalue weighted by Crippen LogP contribution is -2.42. The lowest BCUT2D eigenvalue weighted by molar-refractivity contribution is -0.0301. The van der Waals surface area contributed by atoms with Crippen molar-refractivity contribution in [1.82, 2.24) is 14.9 Å². The predicted molar refractivity (Wildman–Crippen MR) is 103 cm³/mol. The smallest absolute Gasteiger partial charge is 0.319 e. The average molecular weight is 389 g/mol. The molecule has 1 aromatic heterocycles. The van der Waals surface area contributed by atoms with E-state index in [1.54, 1.807) is 20.4 Å². The Morgan fingerprint density at radius 1 is 1.04 bits per heavy atom. The minimum atomic E-state index is -1.04. The van der Waals surface area contributed by atoms with Crippen molar-refractivity contribution in [3.05, 3.63) is 35.5 Å². The second-order valence-corrected chi connectivity index (χ2v) is 6.74. The maximum atomic E-state index is 11.2. The molecule has 1 N–H and O–H groups in total. The Morgan fingerprint density at radius 3 is 2.39 bits per heavy atom. The first-order valence-electron chi connectivity index (χ1n) is 9.14. The van der Waals surface area contributed by atoms with Crippen LogP contribution in [0.1, 0.15) is 24.0 Å². The third-order valence-electron chi connectivity index (χ3n) is 5.17. The number of piperidine rings is 1. The third-order valence-corrected chi connectivity index (χ3v) is 5.17. The van der Waals surface area contributed by atoms with Crippen molar-refractivity contribution < 1.29 is 24.1 Å². The molecule has 8 nitrogen and oxygen atoms in total. The van der Waals surface area contributed by atoms with Gasteiger partial charge in [0.05, 0.1) is 39.6 Å². The maximum absolute atomic E-state index is 11.2. The van der Waals surface area contributed by atoms with Gasteiger partial charge in [-0.2, -0.15) is 4.98 Å². The third kappa shape index (κ3) is 3.98. The zero-order valence-corrected chi connectivity index (χ0v) is 16.8. The summed E-state index contributed by atoms with van der Waals surface area (Å²) in [5.74, 6) is 1.81. The largest absolute Gasteiger partial charge is 0.493 e. The van der Waals surface area contributed by atoms with Gasteiger partial charge in [0.1, 0.15) is 0 Å². The molecule has 3 rings (SSSR count). The fourth-order valence-electron chi connectivity index (χ4n) is 3.59. The van der Waals surface area contributed by atoms with Gasteiger partial charge in [0.15, 0.2) is 11.5 Å². The summed E-state index contributed by atoms with van der Waals surface area (Å²) < 4.78 is 21.3. The van der Waals surface area contributed by atoms with Crippen molar-refractivity contribution in [2.45, 2.75) is 25.0 Å². The van der Waals surface area contributed by atoms with Crippen LogP contribution in [0.5, 0.6) is 23.4 Å². The lowest BCUT2D eigenvalue weighted by atomic mass is 9.85. The van der Waals surface area contributed by atoms with Crippen LogP contribution in [-0.4, -0.2) is 61.5 Å². The zero-order chi connectivity index (χ0) is 20.1. The molecule has 28 heavy (non-hydrogen) atoms. The number of hydrogen-bond donors (Lipinski definition) is 1. The molecule has 2 aromatic rings. The van der Waals surface area contributed by atoms with Crippen molar-refractivity contribution in [2.75, 3.05) is 41.5 Å². The van der Waals surface area contributed by atoms with E-state index in [0.717, 1.165) is 11.3 Å². The van der Waals surface area contributed by atoms with Gasteiger partial charge in [-0.25, -0.2) is 4.98 Å². The molecular formula is C20H27N3O5. The van der Waals surface area contributed by atoms with E-state index in [-0.39, 0.29) is 6.01 Å². The van der Waals surface area contributed by atoms with Gasteiger partial charge in [-0.1, -0.05) is 12.1 Å². The summed E-state index contributed by atoms with van der Waals surface area (Å²) >= 11 is 0. The number of methoxy groups -OCH3 is 4. The number of aromatic nitrogens is 2. The molecule has 0 radical (unpaired) electrons. The van der Waals surface area contributed by atoms with Gasteiger partial charge in [-0.05, 0) is 18.9 Å². The van der Waals surface area contributed by atoms with Crippen molar-refractivity contribution in [3.8, 4) is 23.4 Å². The summed E-state index contributed by atoms with van der Waals surface area (Å²) in [6.07, 6.45) is 2.68. The summed E-state index contributed by atoms with van der Waals surface area (Å²) in [5, 5.41) is 11.2. The van der Waals surface area contributed by atoms with E-state index in [4.69, 9.17) is 18.9 Å². The van der Waals surface area contributed by atoms with Gasteiger partial charge >= 0.3 is 6.01 Å². The van der Waals surface area contributed by atoms with Gasteiger partial charge in [0.2, 0.25) is 5.88 Å². The van der Waals surface area contributed by atoms with Crippen LogP contribution in [0.3, 0.4) is 0 Å². The van der Waals surface area contributed by atoms with Crippen LogP contribution in [0.25, 0.3) is 0 Å². The Balaban J connectivity index is 1.73. The summed E-state index contributed by atoms with van der Waals surface area (Å²) in [4.78, 5) is 10.6. The van der Waals surface area contributed by atoms with Gasteiger partial charge in [-0.15, -0.1) is 0 Å². The van der Waals surface area contributed by atoms with Crippen LogP contribution < -0.4 is 18.9 Å². The van der Waals surface area contributed by atoms with Crippen LogP contribution in [0.4, 0.5) is 0 Å². The van der Waals surface area contributed by atoms with E-state index in [1.807, 2.05) is 18.2 Å². The SMILES string of the molecule is COc1ncc(C2(O)CCN(Cc3cccc(OC)c3OC)CC2)c(OC)n1. The monoisotopic (exact) mass is 389 g/mol. The first-order valence-corrected chi connectivity index (χ1v) is 9.14. The molecule has 0 amide bonds. The Labute approximate surface area is 165 Å². The first-order chi connectivity index (χ1) is 13.5. The van der Waals surface area contributed by atoms with Crippen LogP contribution in [0.2, 0.25) is 0 Å². The summed E-state index contributed by atoms with van der Waals surface area (Å²) in [5.41, 5.74) is 0.610. The standard InChI is InChI=1S/C20H27N3O5/c1-25-16-7-5-6-14(17(16)26-2)13-23-10-8-20(24,9-11-23)15-12-21-19(28-4)22-18(15)27-3/h5-7,12,24H,8-11,13H2,1-4H3. The van der Waals surface area contributed by atoms with Crippen LogP contribution in [0, 0.1) is 0 Å². The molecule has 1 fully saturated rings. The fourth-order valence-corrected chi connectivity index (χ4v) is 3.59. The summed E-state index contributed by atoms with van der Waals surface area (Å²) in [6.45, 7) is 2.14. The van der Waals surface area contributed by atoms with E-state index in [0.29, 0.717) is 49.7 Å². The summed E-state index contributed by atoms with van der Waals surface area (Å²) in [7, 11) is 6.30. The Morgan fingerprint density at radius 2 is 1.79 bits per heavy atom. The molecule has 0 unspecified atom stereocenters. The topological polar surface area (TPSA) is 86.2 Å². The minimum absolute atomic E-state index is 0.215. The summed E-state index contributed by atoms with van der Waals surface area (Å²) in [6, 6.07) is 6.08. The number of rotatable bonds is 7. The fraction of sp³-hybridized carbons (Fsp3) is 0.500. The second-order valence-electron chi connectivity index (χ2n) is 6.74. The number of ether oxygens (including phenoxy) is 4. The van der Waals surface area contributed by atoms with Crippen LogP contribution in [-0.2, 0) is 12.1 Å². The average Bonchev–Trinajstić information content (AvgIpc) is 2.74. The number of hydrogen-bond acceptors (Lipinski definition) is 8. The van der Waals surface area contributed by atoms with Crippen LogP contribution in [0.15, 0.2) is 24.4 Å². The molecule has 0 saturated carbocycles. The molecule has 1 aromatic carbocycles. The van der Waals surface area contributed by atoms with Gasteiger partial charge < -0.3 is 24.1 Å². The molecule has 0 aliphatic carbocycles. The number of para-hydroxylation sites is 1. The van der Waals surface area contributed by atoms with Crippen molar-refractivity contribution in [3.63, 3.8) is 0 Å². The lowest BCUT2D eigenvalue weighted by Gasteiger charge is -2.38. The van der Waals surface area contributed by atoms with Gasteiger partial charge in [0, 0.05) is 31.4 Å². The predicted octanol–water partition coefficient (Wildman–Crippen LogP) is 1.99. The molecular weight excluding hydrogens is 362 g/mol. The second kappa shape index (κ2) is 8.62. The molecule has 2 heterocycles. The normalized spacial score (nSPS) is 16.5. The minimum Gasteiger partial charge on any atom is -0.493 e. The molecule has 8 heteroatoms. The number of likely N-dealkylation sites (tertiary alicyclic amines) is 1. The highest BCUT2D eigenvalue weighted by molar-refractivity contribution is 5.46. The van der Waals surface area contributed by atoms with E-state index in [2.05, 4.69) is 14.9 Å². The number of benzene rings is 1. The van der Waals surface area contributed by atoms with Gasteiger partial charge in [-0.3, -0.25) is 4.90 Å². The first kappa shape index (κ1) is 20.2. The highest BCUT2D eigenvalue weighted by Crippen LogP contribution is 2.38. The van der Waals surface area contributed by atoms with E-state index in [9.17, 15) is 5.11 Å². The van der Waals surface area contributed by atoms with E-state index < -0.39 is 5.60 Å². The van der Waals surface area contributed by atoms with Crippen molar-refractivity contribution in [1.29, 1.82) is 0 Å².